The fourth-order valence-corrected chi connectivity index (χ4v) is 5.94. The van der Waals surface area contributed by atoms with Gasteiger partial charge in [0.15, 0.2) is 5.82 Å². The summed E-state index contributed by atoms with van der Waals surface area (Å²) in [5.41, 5.74) is 8.09. The largest absolute Gasteiger partial charge is 0.434 e. The van der Waals surface area contributed by atoms with Crippen molar-refractivity contribution in [1.82, 2.24) is 24.5 Å². The molecule has 0 unspecified atom stereocenters. The van der Waals surface area contributed by atoms with Crippen molar-refractivity contribution < 1.29 is 26.8 Å². The lowest BCUT2D eigenvalue weighted by Gasteiger charge is -2.37. The molecule has 0 spiro atoms. The van der Waals surface area contributed by atoms with Crippen LogP contribution >= 0.6 is 0 Å². The van der Waals surface area contributed by atoms with E-state index in [2.05, 4.69) is 15.1 Å². The van der Waals surface area contributed by atoms with E-state index in [-0.39, 0.29) is 40.2 Å². The molecule has 4 aromatic rings. The summed E-state index contributed by atoms with van der Waals surface area (Å²) in [7, 11) is 0. The number of amides is 1. The summed E-state index contributed by atoms with van der Waals surface area (Å²) >= 11 is 0. The number of carbonyl (C=O) groups is 1. The monoisotopic (exact) mass is 523 g/mol. The fraction of sp³-hybridized carbons (Fsp3) is 0.333. The summed E-state index contributed by atoms with van der Waals surface area (Å²) in [6, 6.07) is 4.61. The van der Waals surface area contributed by atoms with Crippen molar-refractivity contribution in [1.29, 1.82) is 0 Å². The van der Waals surface area contributed by atoms with Gasteiger partial charge in [-0.15, -0.1) is 0 Å². The maximum absolute atomic E-state index is 15.4. The Labute approximate surface area is 219 Å². The van der Waals surface area contributed by atoms with Crippen LogP contribution in [0.1, 0.15) is 74.6 Å². The van der Waals surface area contributed by atoms with E-state index in [1.165, 1.54) is 35.0 Å². The number of aromatic nitrogens is 4. The highest BCUT2D eigenvalue weighted by atomic mass is 19.3. The average Bonchev–Trinajstić information content (AvgIpc) is 3.38. The van der Waals surface area contributed by atoms with E-state index in [0.717, 1.165) is 30.4 Å². The highest BCUT2D eigenvalue weighted by Gasteiger charge is 2.46. The minimum Gasteiger partial charge on any atom is -0.434 e. The number of pyridine rings is 1. The van der Waals surface area contributed by atoms with Gasteiger partial charge in [-0.05, 0) is 43.9 Å². The standard InChI is InChI=1S/C27H23F3N6O2/c1-35-19-9-15(22-13(25(35)37)4-2-5-20(22)38-26(29)30)23-18-8-14(16(28)12-36(18)34-24(19)23)17-10-33-21(11-32-17)27(31)6-3-7-27/h2,4-5,8,10-12,15,19,26H,3,6-7,9,31H2,1H3/t15-,19-/m1/s1/i1D3. The third-order valence-corrected chi connectivity index (χ3v) is 7.99. The molecule has 0 radical (unpaired) electrons. The molecule has 8 nitrogen and oxygen atoms in total. The number of halogens is 3. The number of hydrogen-bond acceptors (Lipinski definition) is 6. The molecule has 2 bridgehead atoms. The van der Waals surface area contributed by atoms with E-state index in [1.807, 2.05) is 0 Å². The van der Waals surface area contributed by atoms with Gasteiger partial charge in [0.2, 0.25) is 0 Å². The van der Waals surface area contributed by atoms with Crippen molar-refractivity contribution in [3.05, 3.63) is 76.8 Å². The molecular weight excluding hydrogens is 497 g/mol. The lowest BCUT2D eigenvalue weighted by Crippen LogP contribution is -2.44. The Morgan fingerprint density at radius 1 is 1.21 bits per heavy atom. The van der Waals surface area contributed by atoms with Gasteiger partial charge in [-0.1, -0.05) is 6.07 Å². The third kappa shape index (κ3) is 3.20. The van der Waals surface area contributed by atoms with Crippen LogP contribution in [-0.2, 0) is 5.54 Å². The van der Waals surface area contributed by atoms with Gasteiger partial charge < -0.3 is 15.4 Å². The molecule has 3 aromatic heterocycles. The van der Waals surface area contributed by atoms with Crippen molar-refractivity contribution in [3.8, 4) is 17.0 Å². The molecule has 11 heteroatoms. The molecule has 3 aliphatic rings. The second-order valence-electron chi connectivity index (χ2n) is 10.0. The SMILES string of the molecule is [2H]C([2H])([2H])N1C(=O)c2cccc(OC(F)F)c2[C@H]2C[C@@H]1c1nn3cc(F)c(-c4cnc(C5(N)CCC5)cn4)cc3c12. The smallest absolute Gasteiger partial charge is 0.387 e. The van der Waals surface area contributed by atoms with E-state index in [1.54, 1.807) is 6.20 Å². The Kier molecular flexibility index (Phi) is 4.22. The Morgan fingerprint density at radius 3 is 2.74 bits per heavy atom. The van der Waals surface area contributed by atoms with Crippen molar-refractivity contribution in [2.75, 3.05) is 6.98 Å². The number of ether oxygens (including phenoxy) is 1. The van der Waals surface area contributed by atoms with Gasteiger partial charge in [-0.3, -0.25) is 14.8 Å². The first-order chi connectivity index (χ1) is 19.5. The molecule has 7 rings (SSSR count). The average molecular weight is 524 g/mol. The van der Waals surface area contributed by atoms with Crippen molar-refractivity contribution >= 4 is 11.4 Å². The van der Waals surface area contributed by atoms with Gasteiger partial charge in [0.1, 0.15) is 5.75 Å². The Balaban J connectivity index is 1.42. The van der Waals surface area contributed by atoms with E-state index in [0.29, 0.717) is 16.8 Å². The van der Waals surface area contributed by atoms with Gasteiger partial charge in [0, 0.05) is 39.3 Å². The van der Waals surface area contributed by atoms with Gasteiger partial charge >= 0.3 is 6.61 Å². The minimum atomic E-state index is -3.17. The van der Waals surface area contributed by atoms with Gasteiger partial charge in [0.05, 0.1) is 52.8 Å². The summed E-state index contributed by atoms with van der Waals surface area (Å²) in [4.78, 5) is 23.2. The summed E-state index contributed by atoms with van der Waals surface area (Å²) in [5.74, 6) is -2.46. The number of nitrogens with two attached hydrogens (primary N) is 1. The molecule has 4 heterocycles. The maximum Gasteiger partial charge on any atom is 0.387 e. The van der Waals surface area contributed by atoms with E-state index in [4.69, 9.17) is 14.6 Å². The predicted molar refractivity (Wildman–Crippen MR) is 130 cm³/mol. The number of rotatable bonds is 4. The van der Waals surface area contributed by atoms with Crippen LogP contribution in [0.3, 0.4) is 0 Å². The second kappa shape index (κ2) is 8.00. The molecule has 1 amide bonds. The van der Waals surface area contributed by atoms with E-state index < -0.39 is 42.8 Å². The topological polar surface area (TPSA) is 98.6 Å². The van der Waals surface area contributed by atoms with Gasteiger partial charge in [0.25, 0.3) is 5.91 Å². The van der Waals surface area contributed by atoms with Crippen LogP contribution in [0.25, 0.3) is 16.8 Å². The Morgan fingerprint density at radius 2 is 2.05 bits per heavy atom. The van der Waals surface area contributed by atoms with E-state index in [9.17, 15) is 13.6 Å². The molecule has 38 heavy (non-hydrogen) atoms. The summed E-state index contributed by atoms with van der Waals surface area (Å²) in [6.07, 6.45) is 6.80. The van der Waals surface area contributed by atoms with Gasteiger partial charge in [-0.25, -0.2) is 8.91 Å². The molecule has 2 aliphatic carbocycles. The molecule has 2 atom stereocenters. The predicted octanol–water partition coefficient (Wildman–Crippen LogP) is 4.53. The second-order valence-corrected chi connectivity index (χ2v) is 10.0. The number of hydrogen-bond donors (Lipinski definition) is 1. The molecule has 2 N–H and O–H groups in total. The summed E-state index contributed by atoms with van der Waals surface area (Å²) in [5, 5.41) is 4.49. The fourth-order valence-electron chi connectivity index (χ4n) is 5.94. The lowest BCUT2D eigenvalue weighted by atomic mass is 9.75. The minimum absolute atomic E-state index is 0.0488. The third-order valence-electron chi connectivity index (χ3n) is 7.99. The van der Waals surface area contributed by atoms with Crippen molar-refractivity contribution in [2.24, 2.45) is 5.73 Å². The highest BCUT2D eigenvalue weighted by molar-refractivity contribution is 5.98. The first-order valence-electron chi connectivity index (χ1n) is 13.7. The molecular formula is C27H23F3N6O2. The first kappa shape index (κ1) is 20.0. The Hall–Kier alpha value is -3.99. The molecule has 1 fully saturated rings. The summed E-state index contributed by atoms with van der Waals surface area (Å²) in [6.45, 7) is -6.03. The van der Waals surface area contributed by atoms with Crippen LogP contribution in [0.15, 0.2) is 42.9 Å². The molecule has 1 aromatic carbocycles. The van der Waals surface area contributed by atoms with Crippen LogP contribution in [0.5, 0.6) is 5.75 Å². The molecule has 194 valence electrons. The number of fused-ring (bicyclic) bond motifs is 9. The van der Waals surface area contributed by atoms with Crippen molar-refractivity contribution in [2.45, 2.75) is 49.8 Å². The normalized spacial score (nSPS) is 22.8. The molecule has 1 aliphatic heterocycles. The number of benzene rings is 1. The quantitative estimate of drug-likeness (QED) is 0.422. The van der Waals surface area contributed by atoms with Gasteiger partial charge in [-0.2, -0.15) is 13.9 Å². The zero-order valence-electron chi connectivity index (χ0n) is 22.9. The lowest BCUT2D eigenvalue weighted by molar-refractivity contribution is -0.0505. The number of alkyl halides is 2. The van der Waals surface area contributed by atoms with Crippen LogP contribution < -0.4 is 10.5 Å². The van der Waals surface area contributed by atoms with E-state index >= 15 is 4.39 Å². The Bertz CT molecular complexity index is 1720. The molecule has 0 saturated heterocycles. The van der Waals surface area contributed by atoms with Crippen LogP contribution in [0.4, 0.5) is 13.2 Å². The van der Waals surface area contributed by atoms with Crippen LogP contribution in [0, 0.1) is 5.82 Å². The zero-order chi connectivity index (χ0) is 28.8. The van der Waals surface area contributed by atoms with Crippen molar-refractivity contribution in [3.63, 3.8) is 0 Å². The maximum atomic E-state index is 15.4. The van der Waals surface area contributed by atoms with Crippen LogP contribution in [-0.4, -0.2) is 44.0 Å². The summed E-state index contributed by atoms with van der Waals surface area (Å²) < 4.78 is 72.7. The highest BCUT2D eigenvalue weighted by Crippen LogP contribution is 2.53. The number of nitrogens with zero attached hydrogens (tertiary/aromatic N) is 5. The molecule has 1 saturated carbocycles. The van der Waals surface area contributed by atoms with Crippen LogP contribution in [0.2, 0.25) is 0 Å². The first-order valence-corrected chi connectivity index (χ1v) is 12.2. The zero-order valence-corrected chi connectivity index (χ0v) is 19.9. The number of carbonyl (C=O) groups excluding carboxylic acids is 1.